The monoisotopic (exact) mass is 549 g/mol. The molecule has 1 unspecified atom stereocenters. The van der Waals surface area contributed by atoms with Gasteiger partial charge < -0.3 is 19.5 Å². The van der Waals surface area contributed by atoms with E-state index in [1.165, 1.54) is 32.4 Å². The van der Waals surface area contributed by atoms with Crippen LogP contribution in [-0.2, 0) is 4.75 Å². The molecule has 0 saturated heterocycles. The normalized spacial score (nSPS) is 14.5. The molecule has 1 aliphatic rings. The van der Waals surface area contributed by atoms with Gasteiger partial charge in [-0.1, -0.05) is 23.5 Å². The van der Waals surface area contributed by atoms with E-state index in [0.29, 0.717) is 34.1 Å². The highest BCUT2D eigenvalue weighted by Crippen LogP contribution is 2.38. The van der Waals surface area contributed by atoms with E-state index in [2.05, 4.69) is 10.3 Å². The summed E-state index contributed by atoms with van der Waals surface area (Å²) in [7, 11) is 2.96. The quantitative estimate of drug-likeness (QED) is 0.313. The highest BCUT2D eigenvalue weighted by atomic mass is 35.5. The Morgan fingerprint density at radius 2 is 1.86 bits per heavy atom. The number of nitrogens with zero attached hydrogens (tertiary/aromatic N) is 1. The predicted octanol–water partition coefficient (Wildman–Crippen LogP) is 5.30. The fourth-order valence-electron chi connectivity index (χ4n) is 3.65. The van der Waals surface area contributed by atoms with Crippen molar-refractivity contribution in [2.75, 3.05) is 27.4 Å². The Bertz CT molecular complexity index is 1290. The molecule has 1 heterocycles. The number of pyridine rings is 1. The summed E-state index contributed by atoms with van der Waals surface area (Å²) in [5, 5.41) is 8.60. The minimum absolute atomic E-state index is 0.0899. The van der Waals surface area contributed by atoms with Crippen LogP contribution < -0.4 is 24.7 Å². The van der Waals surface area contributed by atoms with Gasteiger partial charge in [0.05, 0.1) is 31.0 Å². The van der Waals surface area contributed by atoms with Crippen molar-refractivity contribution in [1.29, 1.82) is 0 Å². The Balaban J connectivity index is 1.59. The lowest BCUT2D eigenvalue weighted by Gasteiger charge is -2.29. The maximum Gasteiger partial charge on any atom is 0.251 e. The molecule has 37 heavy (non-hydrogen) atoms. The molecule has 1 atom stereocenters. The summed E-state index contributed by atoms with van der Waals surface area (Å²) in [5.41, 5.74) is 1.39. The molecule has 0 bridgehead atoms. The third kappa shape index (κ3) is 5.92. The molecule has 3 aromatic rings. The molecule has 1 aliphatic carbocycles. The molecule has 196 valence electrons. The van der Waals surface area contributed by atoms with Crippen molar-refractivity contribution in [3.05, 3.63) is 70.6 Å². The molecule has 11 heteroatoms. The number of hydrogen-bond donors (Lipinski definition) is 2. The molecule has 3 N–H and O–H groups in total. The molecule has 1 aromatic heterocycles. The van der Waals surface area contributed by atoms with E-state index in [1.807, 2.05) is 0 Å². The number of aromatic nitrogens is 1. The summed E-state index contributed by atoms with van der Waals surface area (Å²) in [5.74, 6) is 0.354. The second kappa shape index (κ2) is 11.5. The van der Waals surface area contributed by atoms with E-state index in [9.17, 15) is 13.6 Å². The SMILES string of the molecule is COc1cc(C(=O)NCC(CF)(SN)c2ccc(OC)c(-c3ccc(F)c(Cl)c3)n2)ccc1OC1CC1. The van der Waals surface area contributed by atoms with Gasteiger partial charge in [0.1, 0.15) is 28.7 Å². The first-order valence-electron chi connectivity index (χ1n) is 11.4. The van der Waals surface area contributed by atoms with Gasteiger partial charge in [-0.05, 0) is 61.4 Å². The standard InChI is InChI=1S/C26H26ClF2N3O4S/c1-34-21-9-10-23(32-24(21)15-3-7-19(29)18(27)11-15)26(13-28,37-30)14-31-25(33)16-4-8-20(22(12-16)35-2)36-17-5-6-17/h3-4,7-12,17H,5-6,13-14,30H2,1-2H3,(H,31,33). The molecular formula is C26H26ClF2N3O4S. The number of ether oxygens (including phenoxy) is 3. The van der Waals surface area contributed by atoms with Crippen LogP contribution >= 0.6 is 23.5 Å². The number of methoxy groups -OCH3 is 2. The second-order valence-electron chi connectivity index (χ2n) is 8.49. The predicted molar refractivity (Wildman–Crippen MR) is 140 cm³/mol. The molecule has 0 radical (unpaired) electrons. The Morgan fingerprint density at radius 1 is 1.14 bits per heavy atom. The van der Waals surface area contributed by atoms with Crippen molar-refractivity contribution in [2.45, 2.75) is 23.7 Å². The molecule has 0 spiro atoms. The first kappa shape index (κ1) is 27.0. The number of nitrogens with one attached hydrogen (secondary N) is 1. The highest BCUT2D eigenvalue weighted by Gasteiger charge is 2.36. The molecule has 1 amide bonds. The van der Waals surface area contributed by atoms with Crippen LogP contribution in [0, 0.1) is 5.82 Å². The summed E-state index contributed by atoms with van der Waals surface area (Å²) in [6.45, 7) is -1.08. The van der Waals surface area contributed by atoms with Crippen molar-refractivity contribution in [1.82, 2.24) is 10.3 Å². The summed E-state index contributed by atoms with van der Waals surface area (Å²) in [6, 6.07) is 12.2. The molecule has 1 saturated carbocycles. The van der Waals surface area contributed by atoms with Crippen LogP contribution in [0.15, 0.2) is 48.5 Å². The molecule has 2 aromatic carbocycles. The second-order valence-corrected chi connectivity index (χ2v) is 9.91. The Hall–Kier alpha value is -3.08. The van der Waals surface area contributed by atoms with Gasteiger partial charge in [-0.3, -0.25) is 9.93 Å². The number of benzene rings is 2. The topological polar surface area (TPSA) is 95.7 Å². The van der Waals surface area contributed by atoms with Gasteiger partial charge in [0.15, 0.2) is 11.5 Å². The van der Waals surface area contributed by atoms with Crippen molar-refractivity contribution in [3.8, 4) is 28.5 Å². The van der Waals surface area contributed by atoms with Gasteiger partial charge in [-0.25, -0.2) is 13.8 Å². The van der Waals surface area contributed by atoms with Crippen LogP contribution in [0.2, 0.25) is 5.02 Å². The van der Waals surface area contributed by atoms with Gasteiger partial charge in [0, 0.05) is 17.7 Å². The third-order valence-electron chi connectivity index (χ3n) is 5.96. The number of alkyl halides is 1. The van der Waals surface area contributed by atoms with Gasteiger partial charge in [0.2, 0.25) is 0 Å². The minimum Gasteiger partial charge on any atom is -0.494 e. The van der Waals surface area contributed by atoms with Crippen molar-refractivity contribution >= 4 is 29.5 Å². The number of nitrogens with two attached hydrogens (primary N) is 1. The van der Waals surface area contributed by atoms with Gasteiger partial charge in [-0.15, -0.1) is 0 Å². The van der Waals surface area contributed by atoms with E-state index < -0.39 is 23.1 Å². The number of amides is 1. The first-order chi connectivity index (χ1) is 17.8. The first-order valence-corrected chi connectivity index (χ1v) is 12.7. The van der Waals surface area contributed by atoms with E-state index >= 15 is 0 Å². The van der Waals surface area contributed by atoms with Crippen molar-refractivity contribution < 1.29 is 27.8 Å². The average molecular weight is 550 g/mol. The zero-order valence-electron chi connectivity index (χ0n) is 20.2. The lowest BCUT2D eigenvalue weighted by Crippen LogP contribution is -2.42. The summed E-state index contributed by atoms with van der Waals surface area (Å²) in [6.07, 6.45) is 2.15. The Labute approximate surface area is 222 Å². The molecular weight excluding hydrogens is 524 g/mol. The lowest BCUT2D eigenvalue weighted by atomic mass is 10.0. The van der Waals surface area contributed by atoms with Crippen LogP contribution in [-0.4, -0.2) is 44.4 Å². The van der Waals surface area contributed by atoms with Crippen LogP contribution in [0.5, 0.6) is 17.2 Å². The Morgan fingerprint density at radius 3 is 2.49 bits per heavy atom. The fourth-order valence-corrected chi connectivity index (χ4v) is 4.29. The zero-order chi connectivity index (χ0) is 26.6. The van der Waals surface area contributed by atoms with Crippen molar-refractivity contribution in [3.63, 3.8) is 0 Å². The lowest BCUT2D eigenvalue weighted by molar-refractivity contribution is 0.0947. The van der Waals surface area contributed by atoms with Crippen LogP contribution in [0.3, 0.4) is 0 Å². The van der Waals surface area contributed by atoms with Gasteiger partial charge in [0.25, 0.3) is 5.91 Å². The fraction of sp³-hybridized carbons (Fsp3) is 0.308. The molecule has 4 rings (SSSR count). The summed E-state index contributed by atoms with van der Waals surface area (Å²) < 4.78 is 43.4. The number of halogens is 3. The van der Waals surface area contributed by atoms with E-state index in [0.717, 1.165) is 24.8 Å². The summed E-state index contributed by atoms with van der Waals surface area (Å²) in [4.78, 5) is 17.5. The minimum atomic E-state index is -1.40. The smallest absolute Gasteiger partial charge is 0.251 e. The maximum atomic E-state index is 14.6. The number of hydrogen-bond acceptors (Lipinski definition) is 7. The van der Waals surface area contributed by atoms with E-state index in [4.69, 9.17) is 31.0 Å². The average Bonchev–Trinajstić information content (AvgIpc) is 3.75. The van der Waals surface area contributed by atoms with E-state index in [-0.39, 0.29) is 23.4 Å². The molecule has 0 aliphatic heterocycles. The third-order valence-corrected chi connectivity index (χ3v) is 7.16. The van der Waals surface area contributed by atoms with Crippen LogP contribution in [0.4, 0.5) is 8.78 Å². The number of rotatable bonds is 11. The van der Waals surface area contributed by atoms with Gasteiger partial charge in [-0.2, -0.15) is 0 Å². The largest absolute Gasteiger partial charge is 0.494 e. The van der Waals surface area contributed by atoms with Crippen molar-refractivity contribution in [2.24, 2.45) is 5.14 Å². The maximum absolute atomic E-state index is 14.6. The van der Waals surface area contributed by atoms with E-state index in [1.54, 1.807) is 30.3 Å². The van der Waals surface area contributed by atoms with Crippen LogP contribution in [0.1, 0.15) is 28.9 Å². The van der Waals surface area contributed by atoms with Crippen LogP contribution in [0.25, 0.3) is 11.3 Å². The number of carbonyl (C=O) groups excluding carboxylic acids is 1. The molecule has 1 fully saturated rings. The highest BCUT2D eigenvalue weighted by molar-refractivity contribution is 7.98. The number of carbonyl (C=O) groups is 1. The zero-order valence-corrected chi connectivity index (χ0v) is 21.8. The van der Waals surface area contributed by atoms with Gasteiger partial charge >= 0.3 is 0 Å². The Kier molecular flexibility index (Phi) is 8.41. The molecule has 7 nitrogen and oxygen atoms in total. The summed E-state index contributed by atoms with van der Waals surface area (Å²) >= 11 is 6.68.